The summed E-state index contributed by atoms with van der Waals surface area (Å²) in [6, 6.07) is 8.38. The van der Waals surface area contributed by atoms with Crippen molar-refractivity contribution >= 4 is 6.29 Å². The maximum Gasteiger partial charge on any atom is 0.416 e. The van der Waals surface area contributed by atoms with Crippen LogP contribution in [-0.2, 0) is 12.9 Å². The lowest BCUT2D eigenvalue weighted by atomic mass is 10.1. The van der Waals surface area contributed by atoms with Crippen molar-refractivity contribution in [3.05, 3.63) is 59.2 Å². The van der Waals surface area contributed by atoms with E-state index in [0.29, 0.717) is 6.29 Å². The number of alkyl halides is 4. The molecule has 0 aliphatic rings. The highest BCUT2D eigenvalue weighted by Crippen LogP contribution is 2.33. The summed E-state index contributed by atoms with van der Waals surface area (Å²) in [4.78, 5) is 10.7. The van der Waals surface area contributed by atoms with Crippen molar-refractivity contribution < 1.29 is 27.1 Å². The van der Waals surface area contributed by atoms with Crippen LogP contribution in [0.3, 0.4) is 0 Å². The molecule has 0 radical (unpaired) electrons. The monoisotopic (exact) mass is 298 g/mol. The number of carbonyl (C=O) groups is 1. The Hall–Kier alpha value is -2.37. The van der Waals surface area contributed by atoms with Crippen molar-refractivity contribution in [2.45, 2.75) is 12.9 Å². The lowest BCUT2D eigenvalue weighted by Crippen LogP contribution is -2.04. The molecule has 2 rings (SSSR count). The van der Waals surface area contributed by atoms with Crippen LogP contribution in [0.4, 0.5) is 17.6 Å². The van der Waals surface area contributed by atoms with Crippen LogP contribution < -0.4 is 4.74 Å². The second-order valence-electron chi connectivity index (χ2n) is 4.24. The summed E-state index contributed by atoms with van der Waals surface area (Å²) < 4.78 is 55.8. The SMILES string of the molecule is O=Cc1ccc(Oc2cccc(C(F)(F)F)c2)cc1CF. The van der Waals surface area contributed by atoms with E-state index in [9.17, 15) is 22.4 Å². The number of aldehydes is 1. The average Bonchev–Trinajstić information content (AvgIpc) is 2.46. The van der Waals surface area contributed by atoms with Gasteiger partial charge in [-0.15, -0.1) is 0 Å². The molecular formula is C15H10F4O2. The Morgan fingerprint density at radius 3 is 2.38 bits per heavy atom. The van der Waals surface area contributed by atoms with Crippen molar-refractivity contribution in [2.24, 2.45) is 0 Å². The van der Waals surface area contributed by atoms with Gasteiger partial charge < -0.3 is 4.74 Å². The summed E-state index contributed by atoms with van der Waals surface area (Å²) in [5.74, 6) is 0.140. The van der Waals surface area contributed by atoms with E-state index in [1.807, 2.05) is 0 Å². The first-order valence-corrected chi connectivity index (χ1v) is 5.93. The van der Waals surface area contributed by atoms with Crippen molar-refractivity contribution in [3.63, 3.8) is 0 Å². The van der Waals surface area contributed by atoms with Gasteiger partial charge in [-0.1, -0.05) is 6.07 Å². The van der Waals surface area contributed by atoms with Crippen molar-refractivity contribution in [3.8, 4) is 11.5 Å². The van der Waals surface area contributed by atoms with Crippen molar-refractivity contribution in [1.29, 1.82) is 0 Å². The van der Waals surface area contributed by atoms with Crippen molar-refractivity contribution in [1.82, 2.24) is 0 Å². The molecule has 110 valence electrons. The molecule has 0 aromatic heterocycles. The first-order chi connectivity index (χ1) is 9.94. The van der Waals surface area contributed by atoms with Gasteiger partial charge in [-0.05, 0) is 42.0 Å². The van der Waals surface area contributed by atoms with Crippen LogP contribution in [0.1, 0.15) is 21.5 Å². The Morgan fingerprint density at radius 1 is 1.05 bits per heavy atom. The fourth-order valence-corrected chi connectivity index (χ4v) is 1.75. The Balaban J connectivity index is 2.28. The van der Waals surface area contributed by atoms with Gasteiger partial charge in [0.15, 0.2) is 0 Å². The Bertz CT molecular complexity index is 650. The molecule has 0 saturated heterocycles. The van der Waals surface area contributed by atoms with Gasteiger partial charge >= 0.3 is 6.18 Å². The zero-order valence-electron chi connectivity index (χ0n) is 10.7. The lowest BCUT2D eigenvalue weighted by molar-refractivity contribution is -0.137. The highest BCUT2D eigenvalue weighted by molar-refractivity contribution is 5.77. The molecule has 21 heavy (non-hydrogen) atoms. The van der Waals surface area contributed by atoms with Crippen LogP contribution >= 0.6 is 0 Å². The number of halogens is 4. The molecule has 0 bridgehead atoms. The third-order valence-corrected chi connectivity index (χ3v) is 2.78. The molecule has 0 saturated carbocycles. The minimum atomic E-state index is -4.47. The molecule has 2 aromatic carbocycles. The van der Waals surface area contributed by atoms with E-state index in [1.165, 1.54) is 30.3 Å². The zero-order valence-corrected chi connectivity index (χ0v) is 10.7. The molecule has 0 N–H and O–H groups in total. The molecule has 6 heteroatoms. The first kappa shape index (κ1) is 15.0. The maximum atomic E-state index is 12.7. The van der Waals surface area contributed by atoms with Crippen molar-refractivity contribution in [2.75, 3.05) is 0 Å². The van der Waals surface area contributed by atoms with E-state index >= 15 is 0 Å². The number of hydrogen-bond acceptors (Lipinski definition) is 2. The summed E-state index contributed by atoms with van der Waals surface area (Å²) in [7, 11) is 0. The number of hydrogen-bond donors (Lipinski definition) is 0. The van der Waals surface area contributed by atoms with Gasteiger partial charge in [0.2, 0.25) is 0 Å². The first-order valence-electron chi connectivity index (χ1n) is 5.93. The zero-order chi connectivity index (χ0) is 15.5. The van der Waals surface area contributed by atoms with E-state index in [0.717, 1.165) is 12.1 Å². The van der Waals surface area contributed by atoms with Gasteiger partial charge in [-0.25, -0.2) is 4.39 Å². The molecule has 0 aliphatic carbocycles. The van der Waals surface area contributed by atoms with E-state index in [2.05, 4.69) is 0 Å². The summed E-state index contributed by atoms with van der Waals surface area (Å²) >= 11 is 0. The standard InChI is InChI=1S/C15H10F4O2/c16-8-11-6-14(5-4-10(11)9-20)21-13-3-1-2-12(7-13)15(17,18)19/h1-7,9H,8H2. The quantitative estimate of drug-likeness (QED) is 0.600. The molecule has 0 aliphatic heterocycles. The molecule has 0 amide bonds. The molecule has 2 nitrogen and oxygen atoms in total. The summed E-state index contributed by atoms with van der Waals surface area (Å²) in [5.41, 5.74) is -0.543. The van der Waals surface area contributed by atoms with Crippen LogP contribution in [-0.4, -0.2) is 6.29 Å². The molecule has 0 heterocycles. The predicted octanol–water partition coefficient (Wildman–Crippen LogP) is 4.78. The second-order valence-corrected chi connectivity index (χ2v) is 4.24. The average molecular weight is 298 g/mol. The highest BCUT2D eigenvalue weighted by Gasteiger charge is 2.30. The topological polar surface area (TPSA) is 26.3 Å². The minimum Gasteiger partial charge on any atom is -0.457 e. The van der Waals surface area contributed by atoms with Crippen LogP contribution in [0.2, 0.25) is 0 Å². The number of ether oxygens (including phenoxy) is 1. The minimum absolute atomic E-state index is 0.0199. The largest absolute Gasteiger partial charge is 0.457 e. The van der Waals surface area contributed by atoms with E-state index in [4.69, 9.17) is 4.74 Å². The molecular weight excluding hydrogens is 288 g/mol. The van der Waals surface area contributed by atoms with Gasteiger partial charge in [0.25, 0.3) is 0 Å². The van der Waals surface area contributed by atoms with Crippen LogP contribution in [0.5, 0.6) is 11.5 Å². The fourth-order valence-electron chi connectivity index (χ4n) is 1.75. The lowest BCUT2D eigenvalue weighted by Gasteiger charge is -2.11. The van der Waals surface area contributed by atoms with E-state index < -0.39 is 18.4 Å². The van der Waals surface area contributed by atoms with Crippen LogP contribution in [0.15, 0.2) is 42.5 Å². The number of rotatable bonds is 4. The Kier molecular flexibility index (Phi) is 4.26. The second kappa shape index (κ2) is 5.95. The van der Waals surface area contributed by atoms with Gasteiger partial charge in [-0.2, -0.15) is 13.2 Å². The Morgan fingerprint density at radius 2 is 1.76 bits per heavy atom. The summed E-state index contributed by atoms with van der Waals surface area (Å²) in [5, 5.41) is 0. The highest BCUT2D eigenvalue weighted by atomic mass is 19.4. The predicted molar refractivity (Wildman–Crippen MR) is 68.2 cm³/mol. The summed E-state index contributed by atoms with van der Waals surface area (Å²) in [6.07, 6.45) is -3.96. The van der Waals surface area contributed by atoms with Gasteiger partial charge in [0.05, 0.1) is 5.56 Å². The molecule has 2 aromatic rings. The van der Waals surface area contributed by atoms with Crippen LogP contribution in [0, 0.1) is 0 Å². The number of carbonyl (C=O) groups excluding carboxylic acids is 1. The van der Waals surface area contributed by atoms with Crippen LogP contribution in [0.25, 0.3) is 0 Å². The maximum absolute atomic E-state index is 12.7. The summed E-state index contributed by atoms with van der Waals surface area (Å²) in [6.45, 7) is -0.867. The van der Waals surface area contributed by atoms with Gasteiger partial charge in [0, 0.05) is 5.56 Å². The molecule has 0 spiro atoms. The fraction of sp³-hybridized carbons (Fsp3) is 0.133. The third kappa shape index (κ3) is 3.59. The normalized spacial score (nSPS) is 11.2. The van der Waals surface area contributed by atoms with E-state index in [1.54, 1.807) is 0 Å². The molecule has 0 atom stereocenters. The van der Waals surface area contributed by atoms with Gasteiger partial charge in [0.1, 0.15) is 24.5 Å². The molecule has 0 unspecified atom stereocenters. The smallest absolute Gasteiger partial charge is 0.416 e. The third-order valence-electron chi connectivity index (χ3n) is 2.78. The number of benzene rings is 2. The van der Waals surface area contributed by atoms with E-state index in [-0.39, 0.29) is 22.6 Å². The Labute approximate surface area is 118 Å². The molecule has 0 fully saturated rings. The van der Waals surface area contributed by atoms with Gasteiger partial charge in [-0.3, -0.25) is 4.79 Å².